The summed E-state index contributed by atoms with van der Waals surface area (Å²) in [6.07, 6.45) is 3.02. The van der Waals surface area contributed by atoms with Crippen LogP contribution in [0, 0.1) is 0 Å². The van der Waals surface area contributed by atoms with Gasteiger partial charge in [0.25, 0.3) is 0 Å². The Morgan fingerprint density at radius 2 is 2.44 bits per heavy atom. The molecule has 1 fully saturated rings. The highest BCUT2D eigenvalue weighted by molar-refractivity contribution is 4.74. The van der Waals surface area contributed by atoms with Crippen LogP contribution in [0.15, 0.2) is 12.7 Å². The fourth-order valence-electron chi connectivity index (χ4n) is 0.859. The van der Waals surface area contributed by atoms with Gasteiger partial charge < -0.3 is 9.47 Å². The van der Waals surface area contributed by atoms with Crippen LogP contribution in [-0.2, 0) is 9.47 Å². The summed E-state index contributed by atoms with van der Waals surface area (Å²) in [5.74, 6) is 0. The van der Waals surface area contributed by atoms with Crippen molar-refractivity contribution in [1.82, 2.24) is 0 Å². The molecule has 9 heavy (non-hydrogen) atoms. The lowest BCUT2D eigenvalue weighted by Crippen LogP contribution is -2.27. The van der Waals surface area contributed by atoms with Crippen molar-refractivity contribution in [3.63, 3.8) is 0 Å². The van der Waals surface area contributed by atoms with Gasteiger partial charge in [-0.1, -0.05) is 6.08 Å². The summed E-state index contributed by atoms with van der Waals surface area (Å²) < 4.78 is 10.5. The smallest absolute Gasteiger partial charge is 0.0843 e. The van der Waals surface area contributed by atoms with Gasteiger partial charge in [-0.05, 0) is 6.42 Å². The molecule has 0 aromatic rings. The second-order valence-electron chi connectivity index (χ2n) is 2.09. The van der Waals surface area contributed by atoms with Gasteiger partial charge in [0.2, 0.25) is 0 Å². The van der Waals surface area contributed by atoms with Gasteiger partial charge in [0, 0.05) is 0 Å². The van der Waals surface area contributed by atoms with E-state index in [0.717, 1.165) is 26.2 Å². The molecule has 0 spiro atoms. The Hall–Kier alpha value is -0.340. The van der Waals surface area contributed by atoms with Crippen LogP contribution in [0.25, 0.3) is 0 Å². The summed E-state index contributed by atoms with van der Waals surface area (Å²) in [6, 6.07) is 0. The highest BCUT2D eigenvalue weighted by Gasteiger charge is 2.11. The molecule has 0 aromatic carbocycles. The number of rotatable bonds is 2. The van der Waals surface area contributed by atoms with Gasteiger partial charge in [-0.15, -0.1) is 6.58 Å². The fraction of sp³-hybridized carbons (Fsp3) is 0.714. The zero-order valence-corrected chi connectivity index (χ0v) is 5.51. The van der Waals surface area contributed by atoms with Crippen molar-refractivity contribution in [3.8, 4) is 0 Å². The maximum Gasteiger partial charge on any atom is 0.0843 e. The summed E-state index contributed by atoms with van der Waals surface area (Å²) in [4.78, 5) is 0. The third-order valence-corrected chi connectivity index (χ3v) is 1.31. The van der Waals surface area contributed by atoms with Crippen molar-refractivity contribution in [2.45, 2.75) is 12.5 Å². The number of hydrogen-bond acceptors (Lipinski definition) is 2. The van der Waals surface area contributed by atoms with E-state index in [9.17, 15) is 0 Å². The lowest BCUT2D eigenvalue weighted by atomic mass is 10.2. The average Bonchev–Trinajstić information content (AvgIpc) is 1.91. The van der Waals surface area contributed by atoms with Crippen LogP contribution in [0.1, 0.15) is 6.42 Å². The summed E-state index contributed by atoms with van der Waals surface area (Å²) in [5.41, 5.74) is 0. The fourth-order valence-corrected chi connectivity index (χ4v) is 0.859. The summed E-state index contributed by atoms with van der Waals surface area (Å²) in [5, 5.41) is 0. The van der Waals surface area contributed by atoms with Crippen molar-refractivity contribution in [3.05, 3.63) is 12.7 Å². The monoisotopic (exact) mass is 128 g/mol. The molecule has 0 N–H and O–H groups in total. The zero-order valence-electron chi connectivity index (χ0n) is 5.51. The second kappa shape index (κ2) is 3.64. The third-order valence-electron chi connectivity index (χ3n) is 1.31. The molecule has 0 bridgehead atoms. The molecular formula is C7H12O2. The first-order valence-corrected chi connectivity index (χ1v) is 3.23. The molecule has 1 aliphatic rings. The highest BCUT2D eigenvalue weighted by atomic mass is 16.6. The van der Waals surface area contributed by atoms with Gasteiger partial charge in [0.1, 0.15) is 0 Å². The SMILES string of the molecule is C=CCC1COCCO1. The molecule has 0 amide bonds. The van der Waals surface area contributed by atoms with Crippen LogP contribution < -0.4 is 0 Å². The molecule has 2 heteroatoms. The van der Waals surface area contributed by atoms with Gasteiger partial charge in [0.05, 0.1) is 25.9 Å². The predicted molar refractivity (Wildman–Crippen MR) is 35.4 cm³/mol. The Labute approximate surface area is 55.5 Å². The van der Waals surface area contributed by atoms with Crippen LogP contribution >= 0.6 is 0 Å². The van der Waals surface area contributed by atoms with Crippen LogP contribution in [0.5, 0.6) is 0 Å². The van der Waals surface area contributed by atoms with Crippen molar-refractivity contribution < 1.29 is 9.47 Å². The minimum Gasteiger partial charge on any atom is -0.376 e. The summed E-state index contributed by atoms with van der Waals surface area (Å²) in [7, 11) is 0. The molecule has 0 saturated carbocycles. The van der Waals surface area contributed by atoms with Gasteiger partial charge in [-0.3, -0.25) is 0 Å². The van der Waals surface area contributed by atoms with E-state index in [2.05, 4.69) is 6.58 Å². The predicted octanol–water partition coefficient (Wildman–Crippen LogP) is 0.978. The molecule has 1 saturated heterocycles. The maximum absolute atomic E-state index is 5.32. The lowest BCUT2D eigenvalue weighted by molar-refractivity contribution is -0.0861. The first-order valence-electron chi connectivity index (χ1n) is 3.23. The topological polar surface area (TPSA) is 18.5 Å². The Bertz CT molecular complexity index is 84.9. The van der Waals surface area contributed by atoms with Crippen molar-refractivity contribution in [1.29, 1.82) is 0 Å². The van der Waals surface area contributed by atoms with Crippen molar-refractivity contribution >= 4 is 0 Å². The average molecular weight is 128 g/mol. The Morgan fingerprint density at radius 3 is 3.00 bits per heavy atom. The van der Waals surface area contributed by atoms with Crippen LogP contribution in [0.3, 0.4) is 0 Å². The highest BCUT2D eigenvalue weighted by Crippen LogP contribution is 2.04. The minimum absolute atomic E-state index is 0.260. The molecule has 0 aromatic heterocycles. The van der Waals surface area contributed by atoms with Crippen molar-refractivity contribution in [2.24, 2.45) is 0 Å². The molecule has 1 atom stereocenters. The largest absolute Gasteiger partial charge is 0.376 e. The summed E-state index contributed by atoms with van der Waals surface area (Å²) in [6.45, 7) is 5.83. The molecule has 1 rings (SSSR count). The molecular weight excluding hydrogens is 116 g/mol. The van der Waals surface area contributed by atoms with Gasteiger partial charge in [-0.2, -0.15) is 0 Å². The molecule has 52 valence electrons. The van der Waals surface area contributed by atoms with Crippen LogP contribution in [-0.4, -0.2) is 25.9 Å². The van der Waals surface area contributed by atoms with Gasteiger partial charge >= 0.3 is 0 Å². The third kappa shape index (κ3) is 2.16. The van der Waals surface area contributed by atoms with E-state index in [1.807, 2.05) is 6.08 Å². The summed E-state index contributed by atoms with van der Waals surface area (Å²) >= 11 is 0. The molecule has 1 unspecified atom stereocenters. The molecule has 0 aliphatic carbocycles. The molecule has 1 heterocycles. The standard InChI is InChI=1S/C7H12O2/c1-2-3-7-6-8-4-5-9-7/h2,7H,1,3-6H2. The van der Waals surface area contributed by atoms with E-state index in [1.165, 1.54) is 0 Å². The quantitative estimate of drug-likeness (QED) is 0.516. The first kappa shape index (κ1) is 6.78. The van der Waals surface area contributed by atoms with E-state index >= 15 is 0 Å². The van der Waals surface area contributed by atoms with E-state index in [0.29, 0.717) is 0 Å². The normalized spacial score (nSPS) is 27.8. The molecule has 0 radical (unpaired) electrons. The second-order valence-corrected chi connectivity index (χ2v) is 2.09. The van der Waals surface area contributed by atoms with E-state index < -0.39 is 0 Å². The maximum atomic E-state index is 5.32. The number of hydrogen-bond donors (Lipinski definition) is 0. The first-order chi connectivity index (χ1) is 4.43. The molecule has 1 aliphatic heterocycles. The zero-order chi connectivity index (χ0) is 6.53. The van der Waals surface area contributed by atoms with Crippen LogP contribution in [0.4, 0.5) is 0 Å². The van der Waals surface area contributed by atoms with E-state index in [1.54, 1.807) is 0 Å². The van der Waals surface area contributed by atoms with Crippen molar-refractivity contribution in [2.75, 3.05) is 19.8 Å². The van der Waals surface area contributed by atoms with E-state index in [4.69, 9.17) is 9.47 Å². The lowest BCUT2D eigenvalue weighted by Gasteiger charge is -2.21. The Balaban J connectivity index is 2.15. The van der Waals surface area contributed by atoms with Crippen LogP contribution in [0.2, 0.25) is 0 Å². The minimum atomic E-state index is 0.260. The van der Waals surface area contributed by atoms with E-state index in [-0.39, 0.29) is 6.10 Å². The Morgan fingerprint density at radius 1 is 1.56 bits per heavy atom. The Kier molecular flexibility index (Phi) is 2.74. The number of ether oxygens (including phenoxy) is 2. The molecule has 2 nitrogen and oxygen atoms in total. The van der Waals surface area contributed by atoms with Gasteiger partial charge in [0.15, 0.2) is 0 Å². The van der Waals surface area contributed by atoms with Gasteiger partial charge in [-0.25, -0.2) is 0 Å².